The number of amides is 1. The molecular weight excluding hydrogens is 422 g/mol. The first-order valence-corrected chi connectivity index (χ1v) is 10.9. The molecule has 0 radical (unpaired) electrons. The van der Waals surface area contributed by atoms with Crippen LogP contribution in [-0.2, 0) is 12.8 Å². The van der Waals surface area contributed by atoms with Crippen molar-refractivity contribution in [3.05, 3.63) is 50.4 Å². The summed E-state index contributed by atoms with van der Waals surface area (Å²) in [6.45, 7) is 4.25. The molecule has 1 aliphatic rings. The Bertz CT molecular complexity index is 1040. The van der Waals surface area contributed by atoms with Crippen molar-refractivity contribution in [2.45, 2.75) is 39.5 Å². The number of hydrogen-bond acceptors (Lipinski definition) is 4. The first-order chi connectivity index (χ1) is 13.0. The van der Waals surface area contributed by atoms with Gasteiger partial charge in [0.1, 0.15) is 9.71 Å². The average Bonchev–Trinajstić information content (AvgIpc) is 2.97. The molecule has 1 aliphatic carbocycles. The molecule has 0 bridgehead atoms. The fraction of sp³-hybridized carbons (Fsp3) is 0.333. The van der Waals surface area contributed by atoms with E-state index in [1.54, 1.807) is 0 Å². The molecule has 0 aliphatic heterocycles. The van der Waals surface area contributed by atoms with Crippen LogP contribution < -0.4 is 11.1 Å². The summed E-state index contributed by atoms with van der Waals surface area (Å²) in [5.41, 5.74) is 11.2. The van der Waals surface area contributed by atoms with E-state index in [-0.39, 0.29) is 5.91 Å². The van der Waals surface area contributed by atoms with E-state index in [0.717, 1.165) is 44.7 Å². The van der Waals surface area contributed by atoms with E-state index in [0.29, 0.717) is 10.6 Å². The Labute approximate surface area is 171 Å². The number of nitrogens with two attached hydrogens (primary N) is 1. The minimum Gasteiger partial charge on any atom is -0.397 e. The molecule has 3 N–H and O–H groups in total. The molecule has 6 heteroatoms. The summed E-state index contributed by atoms with van der Waals surface area (Å²) in [6.07, 6.45) is 4.45. The number of benzene rings is 1. The summed E-state index contributed by atoms with van der Waals surface area (Å²) in [5.74, 6) is 0.530. The zero-order chi connectivity index (χ0) is 19.1. The summed E-state index contributed by atoms with van der Waals surface area (Å²) in [6, 6.07) is 7.99. The lowest BCUT2D eigenvalue weighted by molar-refractivity contribution is 0.103. The minimum atomic E-state index is -0.190. The Morgan fingerprint density at radius 2 is 2.22 bits per heavy atom. The Hall–Kier alpha value is -1.92. The largest absolute Gasteiger partial charge is 0.397 e. The normalized spacial score (nSPS) is 16.3. The van der Waals surface area contributed by atoms with Crippen LogP contribution in [0.25, 0.3) is 10.2 Å². The number of fused-ring (bicyclic) bond motifs is 2. The van der Waals surface area contributed by atoms with Crippen LogP contribution in [0.5, 0.6) is 0 Å². The molecule has 2 heterocycles. The minimum absolute atomic E-state index is 0.190. The SMILES string of the molecule is CC[C@H]1CCc2nc3sc(C(=O)Nc4ccc(C)cc4Br)c(N)c3cc2C1. The Morgan fingerprint density at radius 1 is 1.41 bits per heavy atom. The molecule has 0 unspecified atom stereocenters. The third kappa shape index (κ3) is 3.48. The van der Waals surface area contributed by atoms with Crippen LogP contribution in [-0.4, -0.2) is 10.9 Å². The van der Waals surface area contributed by atoms with Gasteiger partial charge in [-0.3, -0.25) is 4.79 Å². The number of halogens is 1. The predicted molar refractivity (Wildman–Crippen MR) is 117 cm³/mol. The number of nitrogens with zero attached hydrogens (tertiary/aromatic N) is 1. The van der Waals surface area contributed by atoms with Crippen molar-refractivity contribution < 1.29 is 4.79 Å². The molecule has 27 heavy (non-hydrogen) atoms. The summed E-state index contributed by atoms with van der Waals surface area (Å²) < 4.78 is 0.856. The Balaban J connectivity index is 1.68. The highest BCUT2D eigenvalue weighted by Gasteiger charge is 2.23. The van der Waals surface area contributed by atoms with Gasteiger partial charge in [0, 0.05) is 15.6 Å². The maximum absolute atomic E-state index is 12.8. The van der Waals surface area contributed by atoms with Gasteiger partial charge in [-0.25, -0.2) is 4.98 Å². The van der Waals surface area contributed by atoms with E-state index >= 15 is 0 Å². The Kier molecular flexibility index (Phi) is 4.95. The van der Waals surface area contributed by atoms with Crippen LogP contribution in [0.2, 0.25) is 0 Å². The molecule has 0 saturated heterocycles. The molecule has 140 valence electrons. The number of nitrogens with one attached hydrogen (secondary N) is 1. The van der Waals surface area contributed by atoms with Gasteiger partial charge in [-0.15, -0.1) is 11.3 Å². The third-order valence-corrected chi connectivity index (χ3v) is 7.11. The molecule has 1 amide bonds. The molecular formula is C21H22BrN3OS. The maximum atomic E-state index is 12.8. The van der Waals surface area contributed by atoms with Crippen molar-refractivity contribution >= 4 is 54.8 Å². The summed E-state index contributed by atoms with van der Waals surface area (Å²) in [7, 11) is 0. The summed E-state index contributed by atoms with van der Waals surface area (Å²) in [5, 5.41) is 3.86. The van der Waals surface area contributed by atoms with Crippen molar-refractivity contribution in [2.75, 3.05) is 11.1 Å². The van der Waals surface area contributed by atoms with E-state index in [9.17, 15) is 4.79 Å². The highest BCUT2D eigenvalue weighted by atomic mass is 79.9. The second-order valence-electron chi connectivity index (χ2n) is 7.25. The number of hydrogen-bond donors (Lipinski definition) is 2. The number of carbonyl (C=O) groups excluding carboxylic acids is 1. The van der Waals surface area contributed by atoms with Crippen LogP contribution >= 0.6 is 27.3 Å². The van der Waals surface area contributed by atoms with Crippen LogP contribution in [0.3, 0.4) is 0 Å². The molecule has 0 fully saturated rings. The predicted octanol–water partition coefficient (Wildman–Crippen LogP) is 5.72. The zero-order valence-electron chi connectivity index (χ0n) is 15.4. The number of carbonyl (C=O) groups is 1. The number of aryl methyl sites for hydroxylation is 2. The van der Waals surface area contributed by atoms with E-state index in [1.807, 2.05) is 25.1 Å². The van der Waals surface area contributed by atoms with Crippen molar-refractivity contribution in [1.82, 2.24) is 4.98 Å². The lowest BCUT2D eigenvalue weighted by Crippen LogP contribution is -2.14. The van der Waals surface area contributed by atoms with Crippen molar-refractivity contribution in [3.63, 3.8) is 0 Å². The molecule has 1 aromatic carbocycles. The van der Waals surface area contributed by atoms with Crippen molar-refractivity contribution in [2.24, 2.45) is 5.92 Å². The van der Waals surface area contributed by atoms with E-state index in [4.69, 9.17) is 10.7 Å². The fourth-order valence-corrected chi connectivity index (χ4v) is 5.27. The Morgan fingerprint density at radius 3 is 2.96 bits per heavy atom. The van der Waals surface area contributed by atoms with Crippen LogP contribution in [0.4, 0.5) is 11.4 Å². The number of nitrogen functional groups attached to an aromatic ring is 1. The van der Waals surface area contributed by atoms with E-state index in [1.165, 1.54) is 35.4 Å². The number of pyridine rings is 1. The van der Waals surface area contributed by atoms with Gasteiger partial charge in [0.15, 0.2) is 0 Å². The number of aromatic nitrogens is 1. The third-order valence-electron chi connectivity index (χ3n) is 5.34. The van der Waals surface area contributed by atoms with Crippen molar-refractivity contribution in [3.8, 4) is 0 Å². The standard InChI is InChI=1S/C21H22BrN3OS/c1-3-12-5-7-16-13(9-12)10-14-18(23)19(27-21(14)25-16)20(26)24-17-6-4-11(2)8-15(17)22/h4,6,8,10,12H,3,5,7,9,23H2,1-2H3,(H,24,26)/t12-/m0/s1. The number of rotatable bonds is 3. The van der Waals surface area contributed by atoms with Gasteiger partial charge >= 0.3 is 0 Å². The number of thiophene rings is 1. The molecule has 4 rings (SSSR count). The first-order valence-electron chi connectivity index (χ1n) is 9.24. The van der Waals surface area contributed by atoms with E-state index < -0.39 is 0 Å². The lowest BCUT2D eigenvalue weighted by Gasteiger charge is -2.22. The molecule has 3 aromatic rings. The highest BCUT2D eigenvalue weighted by Crippen LogP contribution is 2.37. The van der Waals surface area contributed by atoms with Gasteiger partial charge in [-0.1, -0.05) is 19.4 Å². The second kappa shape index (κ2) is 7.24. The van der Waals surface area contributed by atoms with Gasteiger partial charge in [-0.05, 0) is 77.4 Å². The van der Waals surface area contributed by atoms with Gasteiger partial charge in [0.25, 0.3) is 5.91 Å². The summed E-state index contributed by atoms with van der Waals surface area (Å²) >= 11 is 4.88. The van der Waals surface area contributed by atoms with Crippen LogP contribution in [0.1, 0.15) is 46.3 Å². The van der Waals surface area contributed by atoms with Crippen LogP contribution in [0.15, 0.2) is 28.7 Å². The lowest BCUT2D eigenvalue weighted by atomic mass is 9.85. The first kappa shape index (κ1) is 18.4. The molecule has 0 saturated carbocycles. The quantitative estimate of drug-likeness (QED) is 0.543. The zero-order valence-corrected chi connectivity index (χ0v) is 17.8. The van der Waals surface area contributed by atoms with E-state index in [2.05, 4.69) is 34.2 Å². The smallest absolute Gasteiger partial charge is 0.267 e. The van der Waals surface area contributed by atoms with Crippen LogP contribution in [0, 0.1) is 12.8 Å². The topological polar surface area (TPSA) is 68.0 Å². The second-order valence-corrected chi connectivity index (χ2v) is 9.10. The van der Waals surface area contributed by atoms with Gasteiger partial charge in [-0.2, -0.15) is 0 Å². The molecule has 0 spiro atoms. The highest BCUT2D eigenvalue weighted by molar-refractivity contribution is 9.10. The monoisotopic (exact) mass is 443 g/mol. The average molecular weight is 444 g/mol. The molecule has 4 nitrogen and oxygen atoms in total. The molecule has 2 aromatic heterocycles. The van der Waals surface area contributed by atoms with Gasteiger partial charge in [0.05, 0.1) is 11.4 Å². The number of anilines is 2. The fourth-order valence-electron chi connectivity index (χ4n) is 3.68. The van der Waals surface area contributed by atoms with Gasteiger partial charge < -0.3 is 11.1 Å². The summed E-state index contributed by atoms with van der Waals surface area (Å²) in [4.78, 5) is 19.0. The maximum Gasteiger partial charge on any atom is 0.267 e. The molecule has 1 atom stereocenters. The van der Waals surface area contributed by atoms with Crippen molar-refractivity contribution in [1.29, 1.82) is 0 Å². The van der Waals surface area contributed by atoms with Gasteiger partial charge in [0.2, 0.25) is 0 Å².